The summed E-state index contributed by atoms with van der Waals surface area (Å²) < 4.78 is 19.7. The van der Waals surface area contributed by atoms with Gasteiger partial charge < -0.3 is 9.66 Å². The molecule has 3 aromatic rings. The van der Waals surface area contributed by atoms with E-state index in [4.69, 9.17) is 4.55 Å². The van der Waals surface area contributed by atoms with E-state index < -0.39 is 11.1 Å². The Kier molecular flexibility index (Phi) is 4.45. The fourth-order valence-corrected chi connectivity index (χ4v) is 2.78. The fraction of sp³-hybridized carbons (Fsp3) is 0.0588. The summed E-state index contributed by atoms with van der Waals surface area (Å²) in [7, 11) is 0. The number of aromatic nitrogens is 2. The van der Waals surface area contributed by atoms with Crippen LogP contribution in [0.3, 0.4) is 0 Å². The SMILES string of the molecule is O=S(O)Cc1ccc(-c2ccc(-c3cnccn3)c(O)c2)cc1. The molecule has 1 atom stereocenters. The first-order valence-corrected chi connectivity index (χ1v) is 8.17. The maximum atomic E-state index is 10.8. The van der Waals surface area contributed by atoms with Gasteiger partial charge in [-0.05, 0) is 28.8 Å². The van der Waals surface area contributed by atoms with E-state index in [1.807, 2.05) is 18.2 Å². The minimum absolute atomic E-state index is 0.108. The van der Waals surface area contributed by atoms with Crippen LogP contribution < -0.4 is 0 Å². The number of phenolic OH excluding ortho intramolecular Hbond substituents is 1. The van der Waals surface area contributed by atoms with E-state index in [1.54, 1.807) is 42.9 Å². The Balaban J connectivity index is 1.90. The average Bonchev–Trinajstić information content (AvgIpc) is 2.56. The first-order valence-electron chi connectivity index (χ1n) is 6.89. The van der Waals surface area contributed by atoms with Crippen LogP contribution in [0.1, 0.15) is 5.56 Å². The Morgan fingerprint density at radius 1 is 1.00 bits per heavy atom. The maximum Gasteiger partial charge on any atom is 0.157 e. The number of hydrogen-bond donors (Lipinski definition) is 2. The molecule has 0 aliphatic rings. The highest BCUT2D eigenvalue weighted by atomic mass is 32.2. The first-order chi connectivity index (χ1) is 11.1. The molecule has 0 amide bonds. The van der Waals surface area contributed by atoms with Gasteiger partial charge in [-0.25, -0.2) is 4.21 Å². The van der Waals surface area contributed by atoms with Gasteiger partial charge in [0.15, 0.2) is 11.1 Å². The highest BCUT2D eigenvalue weighted by Crippen LogP contribution is 2.32. The third-order valence-electron chi connectivity index (χ3n) is 3.41. The zero-order chi connectivity index (χ0) is 16.2. The summed E-state index contributed by atoms with van der Waals surface area (Å²) >= 11 is -1.85. The van der Waals surface area contributed by atoms with Crippen LogP contribution in [0.25, 0.3) is 22.4 Å². The molecule has 2 N–H and O–H groups in total. The Hall–Kier alpha value is -2.57. The zero-order valence-corrected chi connectivity index (χ0v) is 12.9. The molecule has 0 saturated heterocycles. The van der Waals surface area contributed by atoms with E-state index in [0.717, 1.165) is 16.7 Å². The summed E-state index contributed by atoms with van der Waals surface area (Å²) in [5.74, 6) is 0.237. The van der Waals surface area contributed by atoms with Crippen molar-refractivity contribution in [3.8, 4) is 28.1 Å². The molecule has 1 heterocycles. The second-order valence-corrected chi connectivity index (χ2v) is 5.92. The molecule has 0 radical (unpaired) electrons. The van der Waals surface area contributed by atoms with Crippen molar-refractivity contribution in [2.45, 2.75) is 5.75 Å². The molecular weight excluding hydrogens is 312 g/mol. The molecule has 3 rings (SSSR count). The van der Waals surface area contributed by atoms with Crippen LogP contribution in [-0.4, -0.2) is 23.8 Å². The molecule has 0 fully saturated rings. The van der Waals surface area contributed by atoms with Crippen molar-refractivity contribution in [3.05, 3.63) is 66.6 Å². The van der Waals surface area contributed by atoms with Crippen molar-refractivity contribution in [2.24, 2.45) is 0 Å². The molecule has 0 bridgehead atoms. The number of hydrogen-bond acceptors (Lipinski definition) is 4. The van der Waals surface area contributed by atoms with Crippen molar-refractivity contribution in [2.75, 3.05) is 0 Å². The van der Waals surface area contributed by atoms with E-state index >= 15 is 0 Å². The van der Waals surface area contributed by atoms with Gasteiger partial charge in [0.05, 0.1) is 17.6 Å². The van der Waals surface area contributed by atoms with E-state index in [9.17, 15) is 9.32 Å². The Bertz CT molecular complexity index is 836. The molecular formula is C17H14N2O3S. The molecule has 0 aliphatic carbocycles. The second kappa shape index (κ2) is 6.68. The van der Waals surface area contributed by atoms with E-state index in [2.05, 4.69) is 9.97 Å². The number of nitrogens with zero attached hydrogens (tertiary/aromatic N) is 2. The van der Waals surface area contributed by atoms with Gasteiger partial charge in [0.1, 0.15) is 5.75 Å². The van der Waals surface area contributed by atoms with Crippen LogP contribution >= 0.6 is 0 Å². The lowest BCUT2D eigenvalue weighted by molar-refractivity contribution is 0.477. The van der Waals surface area contributed by atoms with Gasteiger partial charge in [0, 0.05) is 18.0 Å². The minimum atomic E-state index is -1.85. The van der Waals surface area contributed by atoms with Crippen molar-refractivity contribution in [1.29, 1.82) is 0 Å². The van der Waals surface area contributed by atoms with Gasteiger partial charge in [-0.1, -0.05) is 30.3 Å². The highest BCUT2D eigenvalue weighted by molar-refractivity contribution is 7.78. The summed E-state index contributed by atoms with van der Waals surface area (Å²) in [5, 5.41) is 10.2. The van der Waals surface area contributed by atoms with Crippen LogP contribution in [-0.2, 0) is 16.8 Å². The van der Waals surface area contributed by atoms with Crippen LogP contribution in [0.2, 0.25) is 0 Å². The van der Waals surface area contributed by atoms with Gasteiger partial charge in [0.25, 0.3) is 0 Å². The summed E-state index contributed by atoms with van der Waals surface area (Å²) in [6.07, 6.45) is 4.75. The molecule has 1 aromatic heterocycles. The van der Waals surface area contributed by atoms with Crippen molar-refractivity contribution in [1.82, 2.24) is 9.97 Å². The van der Waals surface area contributed by atoms with Crippen LogP contribution in [0, 0.1) is 0 Å². The lowest BCUT2D eigenvalue weighted by Crippen LogP contribution is -1.92. The molecule has 0 spiro atoms. The summed E-state index contributed by atoms with van der Waals surface area (Å²) in [6, 6.07) is 12.7. The normalized spacial score (nSPS) is 12.0. The van der Waals surface area contributed by atoms with Gasteiger partial charge in [-0.15, -0.1) is 0 Å². The lowest BCUT2D eigenvalue weighted by atomic mass is 10.0. The minimum Gasteiger partial charge on any atom is -0.507 e. The van der Waals surface area contributed by atoms with Gasteiger partial charge in [0.2, 0.25) is 0 Å². The fourth-order valence-electron chi connectivity index (χ4n) is 2.30. The largest absolute Gasteiger partial charge is 0.507 e. The standard InChI is InChI=1S/C17H14N2O3S/c20-17-9-14(5-6-15(17)16-10-18-7-8-19-16)13-3-1-12(2-4-13)11-23(21)22/h1-10,20H,11H2,(H,21,22). The maximum absolute atomic E-state index is 10.8. The molecule has 116 valence electrons. The molecule has 2 aromatic carbocycles. The third-order valence-corrected chi connectivity index (χ3v) is 3.99. The van der Waals surface area contributed by atoms with E-state index in [0.29, 0.717) is 11.3 Å². The van der Waals surface area contributed by atoms with Crippen LogP contribution in [0.5, 0.6) is 5.75 Å². The topological polar surface area (TPSA) is 83.3 Å². The predicted molar refractivity (Wildman–Crippen MR) is 89.0 cm³/mol. The first kappa shape index (κ1) is 15.3. The summed E-state index contributed by atoms with van der Waals surface area (Å²) in [5.41, 5.74) is 3.78. The number of benzene rings is 2. The summed E-state index contributed by atoms with van der Waals surface area (Å²) in [6.45, 7) is 0. The Morgan fingerprint density at radius 3 is 2.35 bits per heavy atom. The number of aromatic hydroxyl groups is 1. The van der Waals surface area contributed by atoms with E-state index in [-0.39, 0.29) is 11.5 Å². The van der Waals surface area contributed by atoms with Gasteiger partial charge in [-0.3, -0.25) is 9.97 Å². The summed E-state index contributed by atoms with van der Waals surface area (Å²) in [4.78, 5) is 8.17. The quantitative estimate of drug-likeness (QED) is 0.719. The van der Waals surface area contributed by atoms with Gasteiger partial charge >= 0.3 is 0 Å². The molecule has 5 nitrogen and oxygen atoms in total. The number of phenols is 1. The number of rotatable bonds is 4. The van der Waals surface area contributed by atoms with Crippen LogP contribution in [0.4, 0.5) is 0 Å². The lowest BCUT2D eigenvalue weighted by Gasteiger charge is -2.08. The monoisotopic (exact) mass is 326 g/mol. The molecule has 0 saturated carbocycles. The van der Waals surface area contributed by atoms with Crippen molar-refractivity contribution >= 4 is 11.1 Å². The molecule has 0 aliphatic heterocycles. The average molecular weight is 326 g/mol. The van der Waals surface area contributed by atoms with Crippen molar-refractivity contribution in [3.63, 3.8) is 0 Å². The molecule has 6 heteroatoms. The highest BCUT2D eigenvalue weighted by Gasteiger charge is 2.08. The smallest absolute Gasteiger partial charge is 0.157 e. The molecule has 1 unspecified atom stereocenters. The Morgan fingerprint density at radius 2 is 1.74 bits per heavy atom. The second-order valence-electron chi connectivity index (χ2n) is 4.99. The van der Waals surface area contributed by atoms with Crippen LogP contribution in [0.15, 0.2) is 61.1 Å². The zero-order valence-electron chi connectivity index (χ0n) is 12.1. The van der Waals surface area contributed by atoms with Gasteiger partial charge in [-0.2, -0.15) is 0 Å². The predicted octanol–water partition coefficient (Wildman–Crippen LogP) is 3.24. The molecule has 23 heavy (non-hydrogen) atoms. The third kappa shape index (κ3) is 3.61. The van der Waals surface area contributed by atoms with Crippen molar-refractivity contribution < 1.29 is 13.9 Å². The van der Waals surface area contributed by atoms with E-state index in [1.165, 1.54) is 0 Å². The Labute approximate surface area is 136 Å².